The van der Waals surface area contributed by atoms with E-state index in [4.69, 9.17) is 5.10 Å². The zero-order valence-corrected chi connectivity index (χ0v) is 14.0. The Bertz CT molecular complexity index is 696. The fourth-order valence-corrected chi connectivity index (χ4v) is 4.27. The summed E-state index contributed by atoms with van der Waals surface area (Å²) in [6.07, 6.45) is 3.85. The summed E-state index contributed by atoms with van der Waals surface area (Å²) >= 11 is 1.74. The maximum absolute atomic E-state index is 4.83. The van der Waals surface area contributed by atoms with Crippen molar-refractivity contribution < 1.29 is 0 Å². The van der Waals surface area contributed by atoms with E-state index in [0.29, 0.717) is 0 Å². The minimum absolute atomic E-state index is 0.846. The van der Waals surface area contributed by atoms with Gasteiger partial charge in [0.15, 0.2) is 0 Å². The molecule has 2 aromatic rings. The van der Waals surface area contributed by atoms with Crippen molar-refractivity contribution in [3.8, 4) is 0 Å². The summed E-state index contributed by atoms with van der Waals surface area (Å²) in [7, 11) is 0. The first-order valence-corrected chi connectivity index (χ1v) is 8.43. The first-order chi connectivity index (χ1) is 10.1. The van der Waals surface area contributed by atoms with Crippen molar-refractivity contribution in [3.05, 3.63) is 22.0 Å². The highest BCUT2D eigenvalue weighted by molar-refractivity contribution is 7.20. The van der Waals surface area contributed by atoms with E-state index in [2.05, 4.69) is 35.7 Å². The Labute approximate surface area is 129 Å². The number of fused-ring (bicyclic) bond motifs is 1. The Balaban J connectivity index is 2.01. The van der Waals surface area contributed by atoms with Crippen LogP contribution in [0, 0.1) is 20.8 Å². The fraction of sp³-hybridized carbons (Fsp3) is 0.562. The third-order valence-corrected chi connectivity index (χ3v) is 5.33. The predicted molar refractivity (Wildman–Crippen MR) is 89.3 cm³/mol. The lowest BCUT2D eigenvalue weighted by Crippen LogP contribution is -2.25. The van der Waals surface area contributed by atoms with E-state index in [1.54, 1.807) is 11.3 Å². The molecule has 5 heteroatoms. The van der Waals surface area contributed by atoms with Crippen LogP contribution in [0.2, 0.25) is 0 Å². The molecule has 21 heavy (non-hydrogen) atoms. The number of thiophene rings is 1. The first-order valence-electron chi connectivity index (χ1n) is 7.61. The number of aryl methyl sites for hydroxylation is 3. The highest BCUT2D eigenvalue weighted by Gasteiger charge is 2.16. The first kappa shape index (κ1) is 14.4. The molecule has 1 aliphatic heterocycles. The molecule has 0 unspecified atom stereocenters. The normalized spacial score (nSPS) is 16.8. The van der Waals surface area contributed by atoms with E-state index in [0.717, 1.165) is 35.1 Å². The van der Waals surface area contributed by atoms with E-state index in [9.17, 15) is 0 Å². The summed E-state index contributed by atoms with van der Waals surface area (Å²) in [4.78, 5) is 11.4. The van der Waals surface area contributed by atoms with Crippen LogP contribution in [-0.4, -0.2) is 33.8 Å². The number of aromatic nitrogens is 2. The molecular formula is C16H22N4S. The minimum Gasteiger partial charge on any atom is -0.297 e. The molecule has 0 aliphatic carbocycles. The number of rotatable bonds is 2. The van der Waals surface area contributed by atoms with Crippen LogP contribution in [-0.2, 0) is 0 Å². The Kier molecular flexibility index (Phi) is 3.93. The lowest BCUT2D eigenvalue weighted by molar-refractivity contribution is 0.239. The minimum atomic E-state index is 0.846. The van der Waals surface area contributed by atoms with Crippen molar-refractivity contribution >= 4 is 27.3 Å². The molecule has 0 saturated carbocycles. The van der Waals surface area contributed by atoms with Gasteiger partial charge in [0.05, 0.1) is 10.6 Å². The van der Waals surface area contributed by atoms with Gasteiger partial charge in [-0.3, -0.25) is 5.01 Å². The number of piperidine rings is 1. The van der Waals surface area contributed by atoms with Crippen molar-refractivity contribution in [3.63, 3.8) is 0 Å². The largest absolute Gasteiger partial charge is 0.297 e. The van der Waals surface area contributed by atoms with Crippen LogP contribution in [0.25, 0.3) is 10.2 Å². The van der Waals surface area contributed by atoms with Crippen molar-refractivity contribution in [2.45, 2.75) is 47.0 Å². The second-order valence-electron chi connectivity index (χ2n) is 5.79. The SMILES string of the molecule is CC(=NN1CCCCC1)c1sc2nc(C)nc(C)c2c1C. The van der Waals surface area contributed by atoms with Crippen molar-refractivity contribution in [1.82, 2.24) is 15.0 Å². The Hall–Kier alpha value is -1.49. The second-order valence-corrected chi connectivity index (χ2v) is 6.79. The molecule has 0 radical (unpaired) electrons. The van der Waals surface area contributed by atoms with Gasteiger partial charge in [0.1, 0.15) is 10.7 Å². The standard InChI is InChI=1S/C16H22N4S/c1-10-14-11(2)17-13(4)18-16(14)21-15(10)12(3)19-20-8-6-5-7-9-20/h5-9H2,1-4H3. The van der Waals surface area contributed by atoms with E-state index < -0.39 is 0 Å². The molecule has 0 N–H and O–H groups in total. The quantitative estimate of drug-likeness (QED) is 0.792. The van der Waals surface area contributed by atoms with Crippen LogP contribution in [0.5, 0.6) is 0 Å². The third kappa shape index (κ3) is 2.79. The van der Waals surface area contributed by atoms with Gasteiger partial charge in [-0.25, -0.2) is 9.97 Å². The van der Waals surface area contributed by atoms with Crippen LogP contribution >= 0.6 is 11.3 Å². The number of nitrogens with zero attached hydrogens (tertiary/aromatic N) is 4. The maximum Gasteiger partial charge on any atom is 0.128 e. The zero-order valence-electron chi connectivity index (χ0n) is 13.2. The van der Waals surface area contributed by atoms with Gasteiger partial charge >= 0.3 is 0 Å². The zero-order chi connectivity index (χ0) is 15.0. The van der Waals surface area contributed by atoms with Crippen LogP contribution in [0.1, 0.15) is 48.1 Å². The molecule has 0 aromatic carbocycles. The molecule has 1 aliphatic rings. The van der Waals surface area contributed by atoms with Gasteiger partial charge in [-0.15, -0.1) is 11.3 Å². The highest BCUT2D eigenvalue weighted by Crippen LogP contribution is 2.31. The summed E-state index contributed by atoms with van der Waals surface area (Å²) in [6, 6.07) is 0. The Morgan fingerprint density at radius 2 is 1.81 bits per heavy atom. The number of hydrazone groups is 1. The monoisotopic (exact) mass is 302 g/mol. The topological polar surface area (TPSA) is 41.4 Å². The average Bonchev–Trinajstić information content (AvgIpc) is 2.77. The van der Waals surface area contributed by atoms with Crippen LogP contribution in [0.15, 0.2) is 5.10 Å². The molecule has 0 amide bonds. The Morgan fingerprint density at radius 3 is 2.52 bits per heavy atom. The molecule has 112 valence electrons. The molecule has 3 heterocycles. The van der Waals surface area contributed by atoms with E-state index in [1.807, 2.05) is 6.92 Å². The van der Waals surface area contributed by atoms with Gasteiger partial charge in [0, 0.05) is 24.2 Å². The van der Waals surface area contributed by atoms with E-state index in [1.165, 1.54) is 35.1 Å². The highest BCUT2D eigenvalue weighted by atomic mass is 32.1. The third-order valence-electron chi connectivity index (χ3n) is 4.04. The second kappa shape index (κ2) is 5.72. The molecule has 3 rings (SSSR count). The molecule has 0 bridgehead atoms. The summed E-state index contributed by atoms with van der Waals surface area (Å²) in [5.41, 5.74) is 3.45. The maximum atomic E-state index is 4.83. The van der Waals surface area contributed by atoms with Crippen LogP contribution in [0.4, 0.5) is 0 Å². The molecule has 2 aromatic heterocycles. The van der Waals surface area contributed by atoms with Gasteiger partial charge in [-0.05, 0) is 52.5 Å². The van der Waals surface area contributed by atoms with Crippen LogP contribution in [0.3, 0.4) is 0 Å². The molecule has 4 nitrogen and oxygen atoms in total. The molecule has 1 fully saturated rings. The smallest absolute Gasteiger partial charge is 0.128 e. The molecule has 1 saturated heterocycles. The molecular weight excluding hydrogens is 280 g/mol. The van der Waals surface area contributed by atoms with Gasteiger partial charge in [-0.2, -0.15) is 5.10 Å². The van der Waals surface area contributed by atoms with Crippen molar-refractivity contribution in [2.75, 3.05) is 13.1 Å². The van der Waals surface area contributed by atoms with Crippen LogP contribution < -0.4 is 0 Å². The lowest BCUT2D eigenvalue weighted by atomic mass is 10.1. The Morgan fingerprint density at radius 1 is 1.10 bits per heavy atom. The van der Waals surface area contributed by atoms with Gasteiger partial charge in [0.25, 0.3) is 0 Å². The van der Waals surface area contributed by atoms with E-state index in [-0.39, 0.29) is 0 Å². The van der Waals surface area contributed by atoms with Crippen molar-refractivity contribution in [1.29, 1.82) is 0 Å². The summed E-state index contributed by atoms with van der Waals surface area (Å²) in [5.74, 6) is 0.846. The number of hydrogen-bond acceptors (Lipinski definition) is 5. The average molecular weight is 302 g/mol. The molecule has 0 atom stereocenters. The predicted octanol–water partition coefficient (Wildman–Crippen LogP) is 3.83. The number of hydrogen-bond donors (Lipinski definition) is 0. The summed E-state index contributed by atoms with van der Waals surface area (Å²) in [6.45, 7) is 10.5. The van der Waals surface area contributed by atoms with Gasteiger partial charge < -0.3 is 0 Å². The lowest BCUT2D eigenvalue weighted by Gasteiger charge is -2.24. The summed E-state index contributed by atoms with van der Waals surface area (Å²) < 4.78 is 0. The van der Waals surface area contributed by atoms with Gasteiger partial charge in [0.2, 0.25) is 0 Å². The van der Waals surface area contributed by atoms with Gasteiger partial charge in [-0.1, -0.05) is 0 Å². The summed E-state index contributed by atoms with van der Waals surface area (Å²) in [5, 5.41) is 8.24. The van der Waals surface area contributed by atoms with Crippen molar-refractivity contribution in [2.24, 2.45) is 5.10 Å². The fourth-order valence-electron chi connectivity index (χ4n) is 3.05. The molecule has 0 spiro atoms. The van der Waals surface area contributed by atoms with E-state index >= 15 is 0 Å².